The van der Waals surface area contributed by atoms with Crippen molar-refractivity contribution in [3.63, 3.8) is 0 Å². The van der Waals surface area contributed by atoms with Gasteiger partial charge in [0.2, 0.25) is 17.7 Å². The first kappa shape index (κ1) is 12.5. The molecule has 16 heavy (non-hydrogen) atoms. The van der Waals surface area contributed by atoms with Gasteiger partial charge in [-0.2, -0.15) is 0 Å². The average Bonchev–Trinajstić information content (AvgIpc) is 2.13. The molecule has 1 fully saturated rings. The molecule has 1 saturated heterocycles. The monoisotopic (exact) mass is 227 g/mol. The molecule has 1 aliphatic heterocycles. The summed E-state index contributed by atoms with van der Waals surface area (Å²) in [5.74, 6) is -0.765. The molecule has 0 spiro atoms. The van der Waals surface area contributed by atoms with Crippen LogP contribution in [0.4, 0.5) is 0 Å². The molecule has 0 unspecified atom stereocenters. The van der Waals surface area contributed by atoms with Gasteiger partial charge in [-0.05, 0) is 12.3 Å². The molecular formula is C10H17N3O3. The zero-order chi connectivity index (χ0) is 12.3. The highest BCUT2D eigenvalue weighted by Crippen LogP contribution is 2.17. The zero-order valence-electron chi connectivity index (χ0n) is 9.53. The average molecular weight is 227 g/mol. The van der Waals surface area contributed by atoms with E-state index < -0.39 is 11.9 Å². The SMILES string of the molecule is C[C@@H]1CC(=O)N[C@H](C(=O)N(C)CC(N)=O)C1. The molecule has 2 atom stereocenters. The fraction of sp³-hybridized carbons (Fsp3) is 0.700. The fourth-order valence-electron chi connectivity index (χ4n) is 1.85. The maximum absolute atomic E-state index is 11.8. The van der Waals surface area contributed by atoms with Crippen LogP contribution in [0.1, 0.15) is 19.8 Å². The minimum atomic E-state index is -0.564. The predicted molar refractivity (Wildman–Crippen MR) is 57.2 cm³/mol. The molecule has 6 nitrogen and oxygen atoms in total. The van der Waals surface area contributed by atoms with Crippen LogP contribution in [-0.2, 0) is 14.4 Å². The highest BCUT2D eigenvalue weighted by molar-refractivity contribution is 5.90. The molecule has 0 saturated carbocycles. The number of primary amides is 1. The van der Waals surface area contributed by atoms with Gasteiger partial charge in [-0.25, -0.2) is 0 Å². The molecule has 0 radical (unpaired) electrons. The standard InChI is InChI=1S/C10H17N3O3/c1-6-3-7(12-9(15)4-6)10(16)13(2)5-8(11)14/h6-7H,3-5H2,1-2H3,(H2,11,14)(H,12,15)/t6-,7-/m0/s1. The number of carbonyl (C=O) groups is 3. The van der Waals surface area contributed by atoms with E-state index in [-0.39, 0.29) is 24.3 Å². The van der Waals surface area contributed by atoms with Crippen LogP contribution in [0.5, 0.6) is 0 Å². The van der Waals surface area contributed by atoms with Crippen molar-refractivity contribution in [2.24, 2.45) is 11.7 Å². The number of piperidine rings is 1. The quantitative estimate of drug-likeness (QED) is 0.637. The fourth-order valence-corrected chi connectivity index (χ4v) is 1.85. The van der Waals surface area contributed by atoms with Crippen LogP contribution >= 0.6 is 0 Å². The van der Waals surface area contributed by atoms with E-state index in [4.69, 9.17) is 5.73 Å². The molecule has 0 aliphatic carbocycles. The topological polar surface area (TPSA) is 92.5 Å². The lowest BCUT2D eigenvalue weighted by molar-refractivity contribution is -0.139. The Balaban J connectivity index is 2.59. The first-order valence-electron chi connectivity index (χ1n) is 5.22. The van der Waals surface area contributed by atoms with Crippen molar-refractivity contribution >= 4 is 17.7 Å². The number of likely N-dealkylation sites (N-methyl/N-ethyl adjacent to an activating group) is 1. The van der Waals surface area contributed by atoms with E-state index in [2.05, 4.69) is 5.32 Å². The first-order chi connectivity index (χ1) is 7.40. The van der Waals surface area contributed by atoms with Crippen molar-refractivity contribution in [2.75, 3.05) is 13.6 Å². The summed E-state index contributed by atoms with van der Waals surface area (Å²) in [4.78, 5) is 35.0. The Morgan fingerprint density at radius 1 is 1.56 bits per heavy atom. The lowest BCUT2D eigenvalue weighted by atomic mass is 9.93. The number of hydrogen-bond donors (Lipinski definition) is 2. The molecule has 1 aliphatic rings. The van der Waals surface area contributed by atoms with Crippen LogP contribution in [0.25, 0.3) is 0 Å². The summed E-state index contributed by atoms with van der Waals surface area (Å²) in [6.07, 6.45) is 1.05. The summed E-state index contributed by atoms with van der Waals surface area (Å²) in [6.45, 7) is 1.80. The van der Waals surface area contributed by atoms with Gasteiger partial charge in [0.25, 0.3) is 0 Å². The second-order valence-electron chi connectivity index (χ2n) is 4.33. The number of rotatable bonds is 3. The van der Waals surface area contributed by atoms with E-state index in [0.29, 0.717) is 12.8 Å². The van der Waals surface area contributed by atoms with Gasteiger partial charge in [0.05, 0.1) is 6.54 Å². The van der Waals surface area contributed by atoms with Gasteiger partial charge < -0.3 is 16.0 Å². The number of amides is 3. The summed E-state index contributed by atoms with van der Waals surface area (Å²) in [5.41, 5.74) is 5.00. The Labute approximate surface area is 94.2 Å². The minimum Gasteiger partial charge on any atom is -0.368 e. The Hall–Kier alpha value is -1.59. The summed E-state index contributed by atoms with van der Waals surface area (Å²) < 4.78 is 0. The number of nitrogens with zero attached hydrogens (tertiary/aromatic N) is 1. The number of nitrogens with one attached hydrogen (secondary N) is 1. The van der Waals surface area contributed by atoms with Gasteiger partial charge in [0.1, 0.15) is 6.04 Å². The van der Waals surface area contributed by atoms with Gasteiger partial charge in [0, 0.05) is 13.5 Å². The van der Waals surface area contributed by atoms with Crippen LogP contribution in [0.3, 0.4) is 0 Å². The molecule has 3 amide bonds. The third-order valence-corrected chi connectivity index (χ3v) is 2.57. The Morgan fingerprint density at radius 2 is 2.19 bits per heavy atom. The van der Waals surface area contributed by atoms with E-state index in [9.17, 15) is 14.4 Å². The Morgan fingerprint density at radius 3 is 2.69 bits per heavy atom. The molecule has 0 aromatic carbocycles. The second kappa shape index (κ2) is 4.96. The van der Waals surface area contributed by atoms with Crippen molar-refractivity contribution in [1.29, 1.82) is 0 Å². The number of nitrogens with two attached hydrogens (primary N) is 1. The largest absolute Gasteiger partial charge is 0.368 e. The Kier molecular flexibility index (Phi) is 3.87. The van der Waals surface area contributed by atoms with Crippen LogP contribution in [0, 0.1) is 5.92 Å². The lowest BCUT2D eigenvalue weighted by Gasteiger charge is -2.29. The normalized spacial score (nSPS) is 24.8. The van der Waals surface area contributed by atoms with Gasteiger partial charge in [0.15, 0.2) is 0 Å². The van der Waals surface area contributed by atoms with E-state index in [0.717, 1.165) is 0 Å². The summed E-state index contributed by atoms with van der Waals surface area (Å²) in [7, 11) is 1.50. The smallest absolute Gasteiger partial charge is 0.245 e. The van der Waals surface area contributed by atoms with Crippen molar-refractivity contribution in [3.05, 3.63) is 0 Å². The van der Waals surface area contributed by atoms with Crippen molar-refractivity contribution in [1.82, 2.24) is 10.2 Å². The molecule has 0 bridgehead atoms. The highest BCUT2D eigenvalue weighted by Gasteiger charge is 2.30. The molecule has 1 rings (SSSR count). The van der Waals surface area contributed by atoms with Gasteiger partial charge >= 0.3 is 0 Å². The minimum absolute atomic E-state index is 0.121. The van der Waals surface area contributed by atoms with E-state index in [1.165, 1.54) is 11.9 Å². The first-order valence-corrected chi connectivity index (χ1v) is 5.22. The van der Waals surface area contributed by atoms with E-state index >= 15 is 0 Å². The number of hydrogen-bond acceptors (Lipinski definition) is 3. The molecular weight excluding hydrogens is 210 g/mol. The summed E-state index contributed by atoms with van der Waals surface area (Å²) >= 11 is 0. The molecule has 6 heteroatoms. The maximum Gasteiger partial charge on any atom is 0.245 e. The molecule has 3 N–H and O–H groups in total. The third-order valence-electron chi connectivity index (χ3n) is 2.57. The van der Waals surface area contributed by atoms with Crippen LogP contribution < -0.4 is 11.1 Å². The highest BCUT2D eigenvalue weighted by atomic mass is 16.2. The van der Waals surface area contributed by atoms with E-state index in [1.54, 1.807) is 0 Å². The van der Waals surface area contributed by atoms with Crippen molar-refractivity contribution in [2.45, 2.75) is 25.8 Å². The Bertz CT molecular complexity index is 316. The summed E-state index contributed by atoms with van der Waals surface area (Å²) in [6, 6.07) is -0.527. The third kappa shape index (κ3) is 3.22. The zero-order valence-corrected chi connectivity index (χ0v) is 9.53. The van der Waals surface area contributed by atoms with E-state index in [1.807, 2.05) is 6.92 Å². The van der Waals surface area contributed by atoms with Crippen LogP contribution in [0.2, 0.25) is 0 Å². The van der Waals surface area contributed by atoms with Gasteiger partial charge in [-0.1, -0.05) is 6.92 Å². The summed E-state index contributed by atoms with van der Waals surface area (Å²) in [5, 5.41) is 2.62. The molecule has 1 heterocycles. The second-order valence-corrected chi connectivity index (χ2v) is 4.33. The maximum atomic E-state index is 11.8. The van der Waals surface area contributed by atoms with Crippen molar-refractivity contribution < 1.29 is 14.4 Å². The molecule has 0 aromatic rings. The predicted octanol–water partition coefficient (Wildman–Crippen LogP) is -1.16. The van der Waals surface area contributed by atoms with Crippen LogP contribution in [-0.4, -0.2) is 42.3 Å². The molecule has 90 valence electrons. The molecule has 0 aromatic heterocycles. The van der Waals surface area contributed by atoms with Gasteiger partial charge in [-0.3, -0.25) is 14.4 Å². The van der Waals surface area contributed by atoms with Gasteiger partial charge in [-0.15, -0.1) is 0 Å². The number of carbonyl (C=O) groups excluding carboxylic acids is 3. The van der Waals surface area contributed by atoms with Crippen molar-refractivity contribution in [3.8, 4) is 0 Å². The lowest BCUT2D eigenvalue weighted by Crippen LogP contribution is -2.52. The van der Waals surface area contributed by atoms with Crippen LogP contribution in [0.15, 0.2) is 0 Å².